The summed E-state index contributed by atoms with van der Waals surface area (Å²) in [4.78, 5) is 11.2. The lowest BCUT2D eigenvalue weighted by Gasteiger charge is -2.23. The summed E-state index contributed by atoms with van der Waals surface area (Å²) in [5.74, 6) is -0.218. The number of aryl methyl sites for hydroxylation is 2. The number of ether oxygens (including phenoxy) is 1. The standard InChI is InChI=1S/C13H18O3/c1-8-6-10(13(3,4)12(14)15)11(16-5)7-9(8)2/h6-7H,1-5H3,(H,14,15). The minimum atomic E-state index is -0.941. The molecule has 0 aliphatic heterocycles. The molecule has 3 nitrogen and oxygen atoms in total. The van der Waals surface area contributed by atoms with Crippen LogP contribution in [-0.2, 0) is 10.2 Å². The maximum atomic E-state index is 11.2. The van der Waals surface area contributed by atoms with E-state index in [1.807, 2.05) is 26.0 Å². The number of hydrogen-bond donors (Lipinski definition) is 1. The van der Waals surface area contributed by atoms with Crippen LogP contribution in [0.4, 0.5) is 0 Å². The van der Waals surface area contributed by atoms with Gasteiger partial charge in [-0.05, 0) is 44.9 Å². The fourth-order valence-corrected chi connectivity index (χ4v) is 1.56. The number of carbonyl (C=O) groups is 1. The second-order valence-electron chi connectivity index (χ2n) is 4.57. The highest BCUT2D eigenvalue weighted by molar-refractivity contribution is 5.81. The van der Waals surface area contributed by atoms with Crippen LogP contribution in [0.3, 0.4) is 0 Å². The van der Waals surface area contributed by atoms with Gasteiger partial charge in [0.05, 0.1) is 12.5 Å². The van der Waals surface area contributed by atoms with E-state index in [0.717, 1.165) is 11.1 Å². The molecule has 88 valence electrons. The first-order valence-electron chi connectivity index (χ1n) is 5.19. The molecule has 0 radical (unpaired) electrons. The fourth-order valence-electron chi connectivity index (χ4n) is 1.56. The number of rotatable bonds is 3. The van der Waals surface area contributed by atoms with Crippen LogP contribution >= 0.6 is 0 Å². The second-order valence-corrected chi connectivity index (χ2v) is 4.57. The van der Waals surface area contributed by atoms with Crippen molar-refractivity contribution in [3.05, 3.63) is 28.8 Å². The number of methoxy groups -OCH3 is 1. The quantitative estimate of drug-likeness (QED) is 0.855. The SMILES string of the molecule is COc1cc(C)c(C)cc1C(C)(C)C(=O)O. The van der Waals surface area contributed by atoms with Crippen molar-refractivity contribution < 1.29 is 14.6 Å². The topological polar surface area (TPSA) is 46.5 Å². The maximum absolute atomic E-state index is 11.2. The van der Waals surface area contributed by atoms with Crippen LogP contribution in [0.5, 0.6) is 5.75 Å². The lowest BCUT2D eigenvalue weighted by Crippen LogP contribution is -2.29. The summed E-state index contributed by atoms with van der Waals surface area (Å²) in [5.41, 5.74) is 1.95. The third-order valence-corrected chi connectivity index (χ3v) is 3.02. The molecule has 0 amide bonds. The molecule has 0 saturated heterocycles. The predicted octanol–water partition coefficient (Wildman–Crippen LogP) is 2.67. The lowest BCUT2D eigenvalue weighted by molar-refractivity contribution is -0.142. The maximum Gasteiger partial charge on any atom is 0.313 e. The molecular formula is C13H18O3. The summed E-state index contributed by atoms with van der Waals surface area (Å²) < 4.78 is 5.25. The second kappa shape index (κ2) is 4.16. The van der Waals surface area contributed by atoms with Gasteiger partial charge in [-0.1, -0.05) is 6.07 Å². The molecule has 0 bridgehead atoms. The number of carboxylic acids is 1. The Kier molecular flexibility index (Phi) is 3.27. The molecule has 0 aliphatic rings. The van der Waals surface area contributed by atoms with Gasteiger partial charge in [0.2, 0.25) is 0 Å². The van der Waals surface area contributed by atoms with Gasteiger partial charge in [-0.15, -0.1) is 0 Å². The van der Waals surface area contributed by atoms with Crippen molar-refractivity contribution in [2.75, 3.05) is 7.11 Å². The van der Waals surface area contributed by atoms with Crippen LogP contribution in [0.15, 0.2) is 12.1 Å². The predicted molar refractivity (Wildman–Crippen MR) is 63.1 cm³/mol. The Morgan fingerprint density at radius 2 is 1.75 bits per heavy atom. The third kappa shape index (κ3) is 2.03. The monoisotopic (exact) mass is 222 g/mol. The minimum absolute atomic E-state index is 0.635. The first kappa shape index (κ1) is 12.6. The smallest absolute Gasteiger partial charge is 0.313 e. The molecule has 0 fully saturated rings. The van der Waals surface area contributed by atoms with Crippen LogP contribution < -0.4 is 4.74 Å². The van der Waals surface area contributed by atoms with Crippen LogP contribution in [0, 0.1) is 13.8 Å². The van der Waals surface area contributed by atoms with E-state index in [1.165, 1.54) is 0 Å². The van der Waals surface area contributed by atoms with Gasteiger partial charge in [0.15, 0.2) is 0 Å². The molecule has 1 N–H and O–H groups in total. The van der Waals surface area contributed by atoms with E-state index >= 15 is 0 Å². The number of benzene rings is 1. The zero-order valence-corrected chi connectivity index (χ0v) is 10.4. The van der Waals surface area contributed by atoms with Crippen molar-refractivity contribution in [1.82, 2.24) is 0 Å². The van der Waals surface area contributed by atoms with E-state index in [1.54, 1.807) is 21.0 Å². The Bertz CT molecular complexity index is 419. The van der Waals surface area contributed by atoms with E-state index in [0.29, 0.717) is 11.3 Å². The van der Waals surface area contributed by atoms with Crippen molar-refractivity contribution in [2.24, 2.45) is 0 Å². The van der Waals surface area contributed by atoms with Crippen molar-refractivity contribution in [1.29, 1.82) is 0 Å². The van der Waals surface area contributed by atoms with Crippen molar-refractivity contribution >= 4 is 5.97 Å². The summed E-state index contributed by atoms with van der Waals surface area (Å²) >= 11 is 0. The summed E-state index contributed by atoms with van der Waals surface area (Å²) in [6.45, 7) is 7.32. The third-order valence-electron chi connectivity index (χ3n) is 3.02. The van der Waals surface area contributed by atoms with Gasteiger partial charge in [-0.2, -0.15) is 0 Å². The highest BCUT2D eigenvalue weighted by atomic mass is 16.5. The Balaban J connectivity index is 3.43. The fraction of sp³-hybridized carbons (Fsp3) is 0.462. The van der Waals surface area contributed by atoms with E-state index in [9.17, 15) is 9.90 Å². The Labute approximate surface area is 96.1 Å². The summed E-state index contributed by atoms with van der Waals surface area (Å²) in [5, 5.41) is 9.22. The Morgan fingerprint density at radius 1 is 1.25 bits per heavy atom. The van der Waals surface area contributed by atoms with E-state index in [2.05, 4.69) is 0 Å². The minimum Gasteiger partial charge on any atom is -0.496 e. The number of aliphatic carboxylic acids is 1. The lowest BCUT2D eigenvalue weighted by atomic mass is 9.82. The molecule has 3 heteroatoms. The van der Waals surface area contributed by atoms with Gasteiger partial charge in [0.25, 0.3) is 0 Å². The van der Waals surface area contributed by atoms with Crippen molar-refractivity contribution in [3.63, 3.8) is 0 Å². The summed E-state index contributed by atoms with van der Waals surface area (Å²) in [6, 6.07) is 3.78. The van der Waals surface area contributed by atoms with Gasteiger partial charge in [0.1, 0.15) is 5.75 Å². The molecule has 0 unspecified atom stereocenters. The molecule has 1 aromatic rings. The van der Waals surface area contributed by atoms with Gasteiger partial charge >= 0.3 is 5.97 Å². The van der Waals surface area contributed by atoms with Gasteiger partial charge in [0, 0.05) is 5.56 Å². The van der Waals surface area contributed by atoms with Crippen molar-refractivity contribution in [2.45, 2.75) is 33.1 Å². The Morgan fingerprint density at radius 3 is 2.19 bits per heavy atom. The van der Waals surface area contributed by atoms with Crippen LogP contribution in [0.1, 0.15) is 30.5 Å². The van der Waals surface area contributed by atoms with Crippen LogP contribution in [-0.4, -0.2) is 18.2 Å². The molecule has 1 rings (SSSR count). The molecular weight excluding hydrogens is 204 g/mol. The highest BCUT2D eigenvalue weighted by Gasteiger charge is 2.32. The first-order valence-corrected chi connectivity index (χ1v) is 5.19. The van der Waals surface area contributed by atoms with Gasteiger partial charge in [-0.25, -0.2) is 0 Å². The van der Waals surface area contributed by atoms with Gasteiger partial charge in [-0.3, -0.25) is 4.79 Å². The van der Waals surface area contributed by atoms with Crippen LogP contribution in [0.2, 0.25) is 0 Å². The molecule has 0 saturated carbocycles. The van der Waals surface area contributed by atoms with Crippen molar-refractivity contribution in [3.8, 4) is 5.75 Å². The molecule has 0 aromatic heterocycles. The van der Waals surface area contributed by atoms with E-state index in [-0.39, 0.29) is 0 Å². The molecule has 0 aliphatic carbocycles. The molecule has 0 atom stereocenters. The number of hydrogen-bond acceptors (Lipinski definition) is 2. The summed E-state index contributed by atoms with van der Waals surface area (Å²) in [6.07, 6.45) is 0. The van der Waals surface area contributed by atoms with E-state index in [4.69, 9.17) is 4.74 Å². The van der Waals surface area contributed by atoms with Crippen LogP contribution in [0.25, 0.3) is 0 Å². The molecule has 0 spiro atoms. The molecule has 0 heterocycles. The normalized spacial score (nSPS) is 11.3. The molecule has 1 aromatic carbocycles. The summed E-state index contributed by atoms with van der Waals surface area (Å²) in [7, 11) is 1.56. The Hall–Kier alpha value is -1.51. The highest BCUT2D eigenvalue weighted by Crippen LogP contribution is 2.34. The zero-order chi connectivity index (χ0) is 12.5. The average Bonchev–Trinajstić information content (AvgIpc) is 2.20. The average molecular weight is 222 g/mol. The molecule has 16 heavy (non-hydrogen) atoms. The van der Waals surface area contributed by atoms with E-state index < -0.39 is 11.4 Å². The first-order chi connectivity index (χ1) is 7.30. The largest absolute Gasteiger partial charge is 0.496 e. The van der Waals surface area contributed by atoms with Gasteiger partial charge < -0.3 is 9.84 Å². The zero-order valence-electron chi connectivity index (χ0n) is 10.4. The number of carboxylic acid groups (broad SMARTS) is 1.